The fourth-order valence-corrected chi connectivity index (χ4v) is 2.07. The van der Waals surface area contributed by atoms with Crippen molar-refractivity contribution in [3.63, 3.8) is 0 Å². The van der Waals surface area contributed by atoms with E-state index in [4.69, 9.17) is 4.84 Å². The van der Waals surface area contributed by atoms with Gasteiger partial charge in [0.15, 0.2) is 0 Å². The monoisotopic (exact) mass is 371 g/mol. The molecule has 0 radical (unpaired) electrons. The Labute approximate surface area is 146 Å². The number of hydrogen-bond acceptors (Lipinski definition) is 6. The van der Waals surface area contributed by atoms with Crippen molar-refractivity contribution in [3.05, 3.63) is 35.7 Å². The Morgan fingerprint density at radius 1 is 1.23 bits per heavy atom. The predicted molar refractivity (Wildman–Crippen MR) is 82.2 cm³/mol. The van der Waals surface area contributed by atoms with Gasteiger partial charge in [0.05, 0.1) is 13.7 Å². The Morgan fingerprint density at radius 3 is 2.38 bits per heavy atom. The number of Topliss-reactive ketones (excluding diaryl/α,β-unsaturated/α-hetero) is 1. The van der Waals surface area contributed by atoms with Crippen LogP contribution in [0.5, 0.6) is 0 Å². The maximum Gasteiger partial charge on any atom is 0.471 e. The van der Waals surface area contributed by atoms with E-state index in [0.717, 1.165) is 5.06 Å². The first-order valence-corrected chi connectivity index (χ1v) is 7.65. The van der Waals surface area contributed by atoms with Gasteiger partial charge in [0.2, 0.25) is 11.6 Å². The molecule has 0 saturated heterocycles. The second-order valence-electron chi connectivity index (χ2n) is 5.32. The molecule has 0 unspecified atom stereocenters. The number of amides is 1. The Bertz CT molecular complexity index is 772. The summed E-state index contributed by atoms with van der Waals surface area (Å²) in [6.45, 7) is 1.79. The van der Waals surface area contributed by atoms with E-state index < -0.39 is 23.8 Å². The van der Waals surface area contributed by atoms with Crippen molar-refractivity contribution in [1.29, 1.82) is 0 Å². The predicted octanol–water partition coefficient (Wildman–Crippen LogP) is 3.01. The van der Waals surface area contributed by atoms with E-state index in [1.165, 1.54) is 19.2 Å². The molecular formula is C16H16F3N3O4. The molecule has 0 fully saturated rings. The summed E-state index contributed by atoms with van der Waals surface area (Å²) in [4.78, 5) is 31.9. The number of carbonyl (C=O) groups excluding carboxylic acids is 2. The first kappa shape index (κ1) is 19.6. The Balaban J connectivity index is 2.10. The van der Waals surface area contributed by atoms with Crippen LogP contribution in [0.4, 0.5) is 13.2 Å². The van der Waals surface area contributed by atoms with Gasteiger partial charge in [0, 0.05) is 12.0 Å². The highest BCUT2D eigenvalue weighted by Crippen LogP contribution is 2.29. The molecule has 26 heavy (non-hydrogen) atoms. The molecule has 0 aliphatic carbocycles. The lowest BCUT2D eigenvalue weighted by atomic mass is 10.1. The van der Waals surface area contributed by atoms with Gasteiger partial charge in [-0.15, -0.1) is 0 Å². The summed E-state index contributed by atoms with van der Waals surface area (Å²) in [5.74, 6) is -2.95. The highest BCUT2D eigenvalue weighted by atomic mass is 19.4. The van der Waals surface area contributed by atoms with Crippen molar-refractivity contribution in [2.75, 3.05) is 7.11 Å². The summed E-state index contributed by atoms with van der Waals surface area (Å²) in [7, 11) is 1.27. The summed E-state index contributed by atoms with van der Waals surface area (Å²) in [6, 6.07) is 6.07. The summed E-state index contributed by atoms with van der Waals surface area (Å²) >= 11 is 0. The first-order chi connectivity index (χ1) is 12.3. The fraction of sp³-hybridized carbons (Fsp3) is 0.375. The number of hydrogen-bond donors (Lipinski definition) is 0. The van der Waals surface area contributed by atoms with Gasteiger partial charge in [-0.1, -0.05) is 36.3 Å². The van der Waals surface area contributed by atoms with Crippen LogP contribution in [0.3, 0.4) is 0 Å². The van der Waals surface area contributed by atoms with Crippen molar-refractivity contribution in [2.24, 2.45) is 0 Å². The van der Waals surface area contributed by atoms with E-state index in [0.29, 0.717) is 17.5 Å². The van der Waals surface area contributed by atoms with Crippen LogP contribution in [-0.2, 0) is 27.1 Å². The van der Waals surface area contributed by atoms with Gasteiger partial charge < -0.3 is 4.52 Å². The van der Waals surface area contributed by atoms with E-state index in [2.05, 4.69) is 14.7 Å². The van der Waals surface area contributed by atoms with Gasteiger partial charge in [-0.3, -0.25) is 14.4 Å². The van der Waals surface area contributed by atoms with Crippen LogP contribution >= 0.6 is 0 Å². The largest absolute Gasteiger partial charge is 0.471 e. The lowest BCUT2D eigenvalue weighted by molar-refractivity contribution is -0.182. The zero-order chi connectivity index (χ0) is 19.3. The average Bonchev–Trinajstić information content (AvgIpc) is 3.10. The molecule has 2 rings (SSSR count). The van der Waals surface area contributed by atoms with Gasteiger partial charge in [-0.25, -0.2) is 5.06 Å². The van der Waals surface area contributed by atoms with E-state index in [1.807, 2.05) is 0 Å². The van der Waals surface area contributed by atoms with Gasteiger partial charge in [0.1, 0.15) is 0 Å². The third-order valence-electron chi connectivity index (χ3n) is 3.37. The summed E-state index contributed by atoms with van der Waals surface area (Å²) < 4.78 is 41.6. The number of rotatable bonds is 7. The quantitative estimate of drug-likeness (QED) is 0.549. The smallest absolute Gasteiger partial charge is 0.329 e. The minimum atomic E-state index is -4.71. The zero-order valence-electron chi connectivity index (χ0n) is 14.0. The number of nitrogens with zero attached hydrogens (tertiary/aromatic N) is 3. The van der Waals surface area contributed by atoms with Crippen molar-refractivity contribution in [2.45, 2.75) is 32.5 Å². The molecule has 0 aliphatic heterocycles. The Kier molecular flexibility index (Phi) is 6.09. The second-order valence-corrected chi connectivity index (χ2v) is 5.32. The van der Waals surface area contributed by atoms with Crippen LogP contribution in [0, 0.1) is 0 Å². The SMILES string of the molecule is CCCC(=O)C(=O)N(Cc1ccc(-c2noc(C(F)(F)F)n2)cc1)OC. The summed E-state index contributed by atoms with van der Waals surface area (Å²) in [6.07, 6.45) is -4.05. The molecule has 0 bridgehead atoms. The van der Waals surface area contributed by atoms with E-state index >= 15 is 0 Å². The molecule has 140 valence electrons. The highest BCUT2D eigenvalue weighted by molar-refractivity contribution is 6.35. The van der Waals surface area contributed by atoms with Crippen molar-refractivity contribution in [1.82, 2.24) is 15.2 Å². The molecule has 1 heterocycles. The minimum absolute atomic E-state index is 0.00507. The number of hydroxylamine groups is 2. The van der Waals surface area contributed by atoms with Crippen LogP contribution in [0.25, 0.3) is 11.4 Å². The second kappa shape index (κ2) is 8.09. The van der Waals surface area contributed by atoms with Crippen molar-refractivity contribution >= 4 is 11.7 Å². The van der Waals surface area contributed by atoms with E-state index in [9.17, 15) is 22.8 Å². The summed E-state index contributed by atoms with van der Waals surface area (Å²) in [5.41, 5.74) is 0.915. The van der Waals surface area contributed by atoms with Gasteiger partial charge >= 0.3 is 18.0 Å². The van der Waals surface area contributed by atoms with E-state index in [1.54, 1.807) is 19.1 Å². The third-order valence-corrected chi connectivity index (χ3v) is 3.37. The standard InChI is InChI=1S/C16H16F3N3O4/c1-3-4-12(23)14(24)22(25-2)9-10-5-7-11(8-6-10)13-20-15(26-21-13)16(17,18)19/h5-8H,3-4,9H2,1-2H3. The normalized spacial score (nSPS) is 11.4. The highest BCUT2D eigenvalue weighted by Gasteiger charge is 2.38. The van der Waals surface area contributed by atoms with Crippen LogP contribution < -0.4 is 0 Å². The number of aromatic nitrogens is 2. The van der Waals surface area contributed by atoms with Crippen LogP contribution in [0.1, 0.15) is 31.2 Å². The van der Waals surface area contributed by atoms with Crippen molar-refractivity contribution in [3.8, 4) is 11.4 Å². The van der Waals surface area contributed by atoms with Crippen LogP contribution in [-0.4, -0.2) is 34.0 Å². The molecule has 7 nitrogen and oxygen atoms in total. The third kappa shape index (κ3) is 4.66. The maximum atomic E-state index is 12.5. The van der Waals surface area contributed by atoms with Gasteiger partial charge in [-0.2, -0.15) is 18.2 Å². The molecule has 0 spiro atoms. The minimum Gasteiger partial charge on any atom is -0.329 e. The Hall–Kier alpha value is -2.75. The molecule has 10 heteroatoms. The topological polar surface area (TPSA) is 85.5 Å². The van der Waals surface area contributed by atoms with Crippen molar-refractivity contribution < 1.29 is 32.1 Å². The molecule has 0 saturated carbocycles. The number of alkyl halides is 3. The lowest BCUT2D eigenvalue weighted by Gasteiger charge is -2.18. The first-order valence-electron chi connectivity index (χ1n) is 7.65. The van der Waals surface area contributed by atoms with E-state index in [-0.39, 0.29) is 18.8 Å². The molecule has 0 N–H and O–H groups in total. The number of ketones is 1. The number of carbonyl (C=O) groups is 2. The molecule has 1 amide bonds. The molecule has 1 aromatic heterocycles. The average molecular weight is 371 g/mol. The maximum absolute atomic E-state index is 12.5. The van der Waals surface area contributed by atoms with Gasteiger partial charge in [-0.05, 0) is 12.0 Å². The molecule has 0 aliphatic rings. The number of benzene rings is 1. The molecular weight excluding hydrogens is 355 g/mol. The zero-order valence-corrected chi connectivity index (χ0v) is 14.0. The Morgan fingerprint density at radius 2 is 1.88 bits per heavy atom. The van der Waals surface area contributed by atoms with Gasteiger partial charge in [0.25, 0.3) is 0 Å². The molecule has 0 atom stereocenters. The summed E-state index contributed by atoms with van der Waals surface area (Å²) in [5, 5.41) is 4.21. The van der Waals surface area contributed by atoms with Crippen LogP contribution in [0.2, 0.25) is 0 Å². The number of halogens is 3. The molecule has 2 aromatic rings. The molecule has 1 aromatic carbocycles. The lowest BCUT2D eigenvalue weighted by Crippen LogP contribution is -2.35. The fourth-order valence-electron chi connectivity index (χ4n) is 2.07. The van der Waals surface area contributed by atoms with Crippen LogP contribution in [0.15, 0.2) is 28.8 Å².